The minimum absolute atomic E-state index is 0.144. The van der Waals surface area contributed by atoms with Gasteiger partial charge in [0.15, 0.2) is 0 Å². The highest BCUT2D eigenvalue weighted by molar-refractivity contribution is 5.93. The maximum Gasteiger partial charge on any atom is 0.307 e. The van der Waals surface area contributed by atoms with Crippen molar-refractivity contribution in [3.63, 3.8) is 0 Å². The van der Waals surface area contributed by atoms with E-state index in [0.717, 1.165) is 18.5 Å². The van der Waals surface area contributed by atoms with Gasteiger partial charge in [-0.1, -0.05) is 6.07 Å². The molecule has 1 atom stereocenters. The van der Waals surface area contributed by atoms with Crippen molar-refractivity contribution in [2.45, 2.75) is 19.8 Å². The molecule has 1 aliphatic rings. The summed E-state index contributed by atoms with van der Waals surface area (Å²) in [6.07, 6.45) is 1.49. The largest absolute Gasteiger partial charge is 0.481 e. The molecule has 0 aromatic heterocycles. The Bertz CT molecular complexity index is 545. The Balaban J connectivity index is 1.92. The van der Waals surface area contributed by atoms with Gasteiger partial charge in [-0.3, -0.25) is 14.5 Å². The molecule has 1 saturated heterocycles. The quantitative estimate of drug-likeness (QED) is 0.727. The number of likely N-dealkylation sites (tertiary alicyclic amines) is 1. The molecule has 1 unspecified atom stereocenters. The Kier molecular flexibility index (Phi) is 4.80. The number of anilines is 2. The highest BCUT2D eigenvalue weighted by Gasteiger charge is 2.26. The monoisotopic (exact) mass is 291 g/mol. The summed E-state index contributed by atoms with van der Waals surface area (Å²) in [7, 11) is 0. The number of aliphatic carboxylic acids is 1. The number of rotatable bonds is 4. The Morgan fingerprint density at radius 2 is 2.24 bits per heavy atom. The van der Waals surface area contributed by atoms with Crippen molar-refractivity contribution in [1.29, 1.82) is 0 Å². The molecule has 0 aliphatic carbocycles. The highest BCUT2D eigenvalue weighted by atomic mass is 16.4. The fraction of sp³-hybridized carbons (Fsp3) is 0.467. The van der Waals surface area contributed by atoms with E-state index in [1.165, 1.54) is 0 Å². The number of benzene rings is 1. The first-order valence-electron chi connectivity index (χ1n) is 7.07. The standard InChI is InChI=1S/C15H21N3O3/c1-10-4-5-12(16)7-13(10)17-14(19)9-18-6-2-3-11(8-18)15(20)21/h4-5,7,11H,2-3,6,8-9,16H2,1H3,(H,17,19)(H,20,21). The highest BCUT2D eigenvalue weighted by Crippen LogP contribution is 2.19. The topological polar surface area (TPSA) is 95.7 Å². The molecular weight excluding hydrogens is 270 g/mol. The molecule has 1 aromatic carbocycles. The number of nitrogens with one attached hydrogen (secondary N) is 1. The fourth-order valence-corrected chi connectivity index (χ4v) is 2.57. The van der Waals surface area contributed by atoms with Gasteiger partial charge in [-0.25, -0.2) is 0 Å². The van der Waals surface area contributed by atoms with Gasteiger partial charge >= 0.3 is 5.97 Å². The van der Waals surface area contributed by atoms with Crippen LogP contribution in [0.2, 0.25) is 0 Å². The van der Waals surface area contributed by atoms with Crippen LogP contribution in [0.1, 0.15) is 18.4 Å². The summed E-state index contributed by atoms with van der Waals surface area (Å²) >= 11 is 0. The van der Waals surface area contributed by atoms with Crippen LogP contribution >= 0.6 is 0 Å². The molecule has 0 radical (unpaired) electrons. The van der Waals surface area contributed by atoms with Gasteiger partial charge in [0.2, 0.25) is 5.91 Å². The molecule has 1 aromatic rings. The molecule has 1 amide bonds. The average Bonchev–Trinajstić information content (AvgIpc) is 2.43. The van der Waals surface area contributed by atoms with Gasteiger partial charge in [0.25, 0.3) is 0 Å². The molecule has 1 fully saturated rings. The predicted molar refractivity (Wildman–Crippen MR) is 81.0 cm³/mol. The summed E-state index contributed by atoms with van der Waals surface area (Å²) in [6.45, 7) is 3.29. The number of nitrogens with zero attached hydrogens (tertiary/aromatic N) is 1. The number of carboxylic acids is 1. The fourth-order valence-electron chi connectivity index (χ4n) is 2.57. The van der Waals surface area contributed by atoms with E-state index in [0.29, 0.717) is 24.3 Å². The van der Waals surface area contributed by atoms with Crippen LogP contribution < -0.4 is 11.1 Å². The zero-order valence-corrected chi connectivity index (χ0v) is 12.1. The van der Waals surface area contributed by atoms with Crippen LogP contribution in [0.4, 0.5) is 11.4 Å². The van der Waals surface area contributed by atoms with Gasteiger partial charge in [0, 0.05) is 17.9 Å². The summed E-state index contributed by atoms with van der Waals surface area (Å²) in [5.41, 5.74) is 7.95. The molecule has 4 N–H and O–H groups in total. The minimum Gasteiger partial charge on any atom is -0.481 e. The van der Waals surface area contributed by atoms with E-state index in [9.17, 15) is 9.59 Å². The van der Waals surface area contributed by atoms with Crippen molar-refractivity contribution in [3.8, 4) is 0 Å². The normalized spacial score (nSPS) is 19.2. The SMILES string of the molecule is Cc1ccc(N)cc1NC(=O)CN1CCCC(C(=O)O)C1. The van der Waals surface area contributed by atoms with E-state index in [1.807, 2.05) is 17.9 Å². The van der Waals surface area contributed by atoms with Gasteiger partial charge in [-0.05, 0) is 44.0 Å². The van der Waals surface area contributed by atoms with Crippen LogP contribution in [0.3, 0.4) is 0 Å². The first kappa shape index (κ1) is 15.3. The Labute approximate surface area is 123 Å². The maximum atomic E-state index is 12.1. The van der Waals surface area contributed by atoms with Crippen LogP contribution in [-0.4, -0.2) is 41.5 Å². The predicted octanol–water partition coefficient (Wildman–Crippen LogP) is 1.31. The average molecular weight is 291 g/mol. The third-order valence-corrected chi connectivity index (χ3v) is 3.76. The van der Waals surface area contributed by atoms with E-state index in [4.69, 9.17) is 10.8 Å². The van der Waals surface area contributed by atoms with Crippen molar-refractivity contribution in [2.24, 2.45) is 5.92 Å². The smallest absolute Gasteiger partial charge is 0.307 e. The number of nitrogen functional groups attached to an aromatic ring is 1. The second kappa shape index (κ2) is 6.58. The van der Waals surface area contributed by atoms with Gasteiger partial charge in [0.05, 0.1) is 12.5 Å². The first-order chi connectivity index (χ1) is 9.95. The molecule has 6 nitrogen and oxygen atoms in total. The summed E-state index contributed by atoms with van der Waals surface area (Å²) < 4.78 is 0. The number of hydrogen-bond acceptors (Lipinski definition) is 4. The lowest BCUT2D eigenvalue weighted by Crippen LogP contribution is -2.42. The third-order valence-electron chi connectivity index (χ3n) is 3.76. The van der Waals surface area contributed by atoms with Gasteiger partial charge in [0.1, 0.15) is 0 Å². The number of aryl methyl sites for hydroxylation is 1. The molecule has 1 heterocycles. The number of hydrogen-bond donors (Lipinski definition) is 3. The Hall–Kier alpha value is -2.08. The van der Waals surface area contributed by atoms with E-state index in [1.54, 1.807) is 12.1 Å². The second-order valence-electron chi connectivity index (χ2n) is 5.54. The van der Waals surface area contributed by atoms with Crippen molar-refractivity contribution >= 4 is 23.3 Å². The summed E-state index contributed by atoms with van der Waals surface area (Å²) in [4.78, 5) is 25.0. The molecule has 0 bridgehead atoms. The van der Waals surface area contributed by atoms with Gasteiger partial charge < -0.3 is 16.2 Å². The number of carboxylic acid groups (broad SMARTS) is 1. The number of nitrogens with two attached hydrogens (primary N) is 1. The van der Waals surface area contributed by atoms with Crippen LogP contribution in [0.15, 0.2) is 18.2 Å². The zero-order valence-electron chi connectivity index (χ0n) is 12.1. The molecule has 0 spiro atoms. The van der Waals surface area contributed by atoms with E-state index >= 15 is 0 Å². The summed E-state index contributed by atoms with van der Waals surface area (Å²) in [5, 5.41) is 11.9. The lowest BCUT2D eigenvalue weighted by atomic mass is 9.98. The number of carbonyl (C=O) groups is 2. The number of amides is 1. The Morgan fingerprint density at radius 1 is 1.48 bits per heavy atom. The molecule has 1 aliphatic heterocycles. The molecule has 2 rings (SSSR count). The van der Waals surface area contributed by atoms with E-state index < -0.39 is 5.97 Å². The van der Waals surface area contributed by atoms with Crippen LogP contribution in [-0.2, 0) is 9.59 Å². The minimum atomic E-state index is -0.785. The van der Waals surface area contributed by atoms with Gasteiger partial charge in [-0.2, -0.15) is 0 Å². The van der Waals surface area contributed by atoms with Crippen LogP contribution in [0.25, 0.3) is 0 Å². The lowest BCUT2D eigenvalue weighted by molar-refractivity contribution is -0.144. The third kappa shape index (κ3) is 4.19. The summed E-state index contributed by atoms with van der Waals surface area (Å²) in [6, 6.07) is 5.36. The maximum absolute atomic E-state index is 12.1. The van der Waals surface area contributed by atoms with E-state index in [2.05, 4.69) is 5.32 Å². The molecule has 114 valence electrons. The molecule has 21 heavy (non-hydrogen) atoms. The molecule has 0 saturated carbocycles. The summed E-state index contributed by atoms with van der Waals surface area (Å²) in [5.74, 6) is -1.30. The van der Waals surface area contributed by atoms with E-state index in [-0.39, 0.29) is 18.4 Å². The van der Waals surface area contributed by atoms with Crippen molar-refractivity contribution in [3.05, 3.63) is 23.8 Å². The Morgan fingerprint density at radius 3 is 2.95 bits per heavy atom. The molecular formula is C15H21N3O3. The van der Waals surface area contributed by atoms with Crippen molar-refractivity contribution in [1.82, 2.24) is 4.90 Å². The lowest BCUT2D eigenvalue weighted by Gasteiger charge is -2.30. The van der Waals surface area contributed by atoms with Gasteiger partial charge in [-0.15, -0.1) is 0 Å². The molecule has 6 heteroatoms. The number of carbonyl (C=O) groups excluding carboxylic acids is 1. The second-order valence-corrected chi connectivity index (χ2v) is 5.54. The van der Waals surface area contributed by atoms with Crippen molar-refractivity contribution in [2.75, 3.05) is 30.7 Å². The van der Waals surface area contributed by atoms with Crippen LogP contribution in [0.5, 0.6) is 0 Å². The van der Waals surface area contributed by atoms with Crippen LogP contribution in [0, 0.1) is 12.8 Å². The zero-order chi connectivity index (χ0) is 15.4. The van der Waals surface area contributed by atoms with Crippen molar-refractivity contribution < 1.29 is 14.7 Å². The number of piperidine rings is 1. The first-order valence-corrected chi connectivity index (χ1v) is 7.07.